The molecule has 0 fully saturated rings. The number of halogens is 1. The van der Waals surface area contributed by atoms with Crippen LogP contribution in [0.2, 0.25) is 0 Å². The maximum Gasteiger partial charge on any atom is 0.323 e. The Kier molecular flexibility index (Phi) is 5.57. The van der Waals surface area contributed by atoms with Crippen molar-refractivity contribution >= 4 is 11.7 Å². The predicted molar refractivity (Wildman–Crippen MR) is 70.5 cm³/mol. The molecule has 110 valence electrons. The summed E-state index contributed by atoms with van der Waals surface area (Å²) in [6.07, 6.45) is 0. The van der Waals surface area contributed by atoms with Crippen molar-refractivity contribution in [3.8, 4) is 0 Å². The van der Waals surface area contributed by atoms with E-state index in [4.69, 9.17) is 0 Å². The monoisotopic (exact) mass is 284 g/mol. The number of rotatable bonds is 6. The third kappa shape index (κ3) is 3.99. The molecule has 0 aromatic heterocycles. The van der Waals surface area contributed by atoms with E-state index < -0.39 is 28.4 Å². The molecule has 0 saturated heterocycles. The summed E-state index contributed by atoms with van der Waals surface area (Å²) in [6.45, 7) is 3.92. The summed E-state index contributed by atoms with van der Waals surface area (Å²) in [5.74, 6) is -1.29. The summed E-state index contributed by atoms with van der Waals surface area (Å²) in [5, 5.41) is 13.5. The van der Waals surface area contributed by atoms with Crippen LogP contribution in [0.25, 0.3) is 0 Å². The Hall–Kier alpha value is -2.02. The highest BCUT2D eigenvalue weighted by Crippen LogP contribution is 2.18. The molecule has 0 bridgehead atoms. The van der Waals surface area contributed by atoms with Crippen molar-refractivity contribution in [3.05, 3.63) is 39.7 Å². The second kappa shape index (κ2) is 6.95. The van der Waals surface area contributed by atoms with Crippen LogP contribution in [0.3, 0.4) is 0 Å². The van der Waals surface area contributed by atoms with Crippen LogP contribution < -0.4 is 5.32 Å². The van der Waals surface area contributed by atoms with Crippen LogP contribution in [-0.2, 0) is 16.1 Å². The number of benzene rings is 1. The fourth-order valence-electron chi connectivity index (χ4n) is 1.75. The minimum absolute atomic E-state index is 0.00495. The van der Waals surface area contributed by atoms with Gasteiger partial charge >= 0.3 is 11.7 Å². The number of hydrogen-bond acceptors (Lipinski definition) is 5. The van der Waals surface area contributed by atoms with E-state index in [1.165, 1.54) is 13.2 Å². The summed E-state index contributed by atoms with van der Waals surface area (Å²) in [4.78, 5) is 21.3. The van der Waals surface area contributed by atoms with Crippen molar-refractivity contribution in [3.63, 3.8) is 0 Å². The molecule has 1 aromatic rings. The number of carbonyl (C=O) groups is 1. The second-order valence-electron chi connectivity index (χ2n) is 4.67. The van der Waals surface area contributed by atoms with Crippen LogP contribution >= 0.6 is 0 Å². The fourth-order valence-corrected chi connectivity index (χ4v) is 1.75. The lowest BCUT2D eigenvalue weighted by Gasteiger charge is -2.19. The Morgan fingerprint density at radius 2 is 2.15 bits per heavy atom. The van der Waals surface area contributed by atoms with E-state index >= 15 is 0 Å². The van der Waals surface area contributed by atoms with E-state index in [0.717, 1.165) is 12.1 Å². The summed E-state index contributed by atoms with van der Waals surface area (Å²) < 4.78 is 18.1. The summed E-state index contributed by atoms with van der Waals surface area (Å²) in [7, 11) is 1.30. The van der Waals surface area contributed by atoms with Gasteiger partial charge in [-0.15, -0.1) is 0 Å². The number of hydrogen-bond donors (Lipinski definition) is 1. The first-order valence-corrected chi connectivity index (χ1v) is 6.10. The fraction of sp³-hybridized carbons (Fsp3) is 0.462. The van der Waals surface area contributed by atoms with E-state index in [0.29, 0.717) is 5.56 Å². The van der Waals surface area contributed by atoms with Crippen molar-refractivity contribution in [1.29, 1.82) is 0 Å². The van der Waals surface area contributed by atoms with Crippen LogP contribution in [0, 0.1) is 21.8 Å². The number of esters is 1. The molecule has 6 nitrogen and oxygen atoms in total. The first kappa shape index (κ1) is 16.0. The van der Waals surface area contributed by atoms with Crippen LogP contribution in [0.1, 0.15) is 19.4 Å². The molecule has 1 N–H and O–H groups in total. The van der Waals surface area contributed by atoms with E-state index in [1.54, 1.807) is 0 Å². The Balaban J connectivity index is 2.76. The highest BCUT2D eigenvalue weighted by Gasteiger charge is 2.22. The topological polar surface area (TPSA) is 81.5 Å². The van der Waals surface area contributed by atoms with E-state index in [2.05, 4.69) is 10.1 Å². The smallest absolute Gasteiger partial charge is 0.323 e. The number of nitro benzene ring substituents is 1. The summed E-state index contributed by atoms with van der Waals surface area (Å²) in [6, 6.07) is 3.12. The lowest BCUT2D eigenvalue weighted by molar-refractivity contribution is -0.387. The molecule has 0 aliphatic heterocycles. The van der Waals surface area contributed by atoms with Gasteiger partial charge in [0.15, 0.2) is 0 Å². The zero-order valence-corrected chi connectivity index (χ0v) is 11.6. The first-order valence-electron chi connectivity index (χ1n) is 6.10. The standard InChI is InChI=1S/C13H17FN2O4/c1-8(2)12(13(17)20-3)15-7-9-4-5-11(16(18)19)10(14)6-9/h4-6,8,12,15H,7H2,1-3H3. The number of nitro groups is 1. The average molecular weight is 284 g/mol. The van der Waals surface area contributed by atoms with Gasteiger partial charge in [0, 0.05) is 12.6 Å². The van der Waals surface area contributed by atoms with Crippen LogP contribution in [0.15, 0.2) is 18.2 Å². The SMILES string of the molecule is COC(=O)C(NCc1ccc([N+](=O)[O-])c(F)c1)C(C)C. The van der Waals surface area contributed by atoms with Gasteiger partial charge in [0.1, 0.15) is 6.04 Å². The van der Waals surface area contributed by atoms with E-state index in [-0.39, 0.29) is 12.5 Å². The molecule has 1 aromatic carbocycles. The Morgan fingerprint density at radius 3 is 2.60 bits per heavy atom. The largest absolute Gasteiger partial charge is 0.468 e. The zero-order valence-electron chi connectivity index (χ0n) is 11.6. The molecule has 20 heavy (non-hydrogen) atoms. The third-order valence-electron chi connectivity index (χ3n) is 2.86. The van der Waals surface area contributed by atoms with Gasteiger partial charge in [0.2, 0.25) is 5.82 Å². The maximum atomic E-state index is 13.4. The van der Waals surface area contributed by atoms with Gasteiger partial charge in [-0.05, 0) is 17.5 Å². The van der Waals surface area contributed by atoms with Gasteiger partial charge in [0.25, 0.3) is 0 Å². The van der Waals surface area contributed by atoms with Crippen molar-refractivity contribution < 1.29 is 18.8 Å². The molecule has 0 amide bonds. The Morgan fingerprint density at radius 1 is 1.50 bits per heavy atom. The van der Waals surface area contributed by atoms with Gasteiger partial charge in [-0.25, -0.2) is 0 Å². The average Bonchev–Trinajstić information content (AvgIpc) is 2.37. The van der Waals surface area contributed by atoms with Gasteiger partial charge < -0.3 is 10.1 Å². The molecule has 0 heterocycles. The molecular weight excluding hydrogens is 267 g/mol. The van der Waals surface area contributed by atoms with E-state index in [1.807, 2.05) is 13.8 Å². The number of nitrogens with zero attached hydrogens (tertiary/aromatic N) is 1. The number of carbonyl (C=O) groups excluding carboxylic acids is 1. The van der Waals surface area contributed by atoms with Gasteiger partial charge in [0.05, 0.1) is 12.0 Å². The Bertz CT molecular complexity index is 505. The van der Waals surface area contributed by atoms with Crippen molar-refractivity contribution in [1.82, 2.24) is 5.32 Å². The Labute approximate surface area is 116 Å². The number of methoxy groups -OCH3 is 1. The highest BCUT2D eigenvalue weighted by molar-refractivity contribution is 5.75. The van der Waals surface area contributed by atoms with Gasteiger partial charge in [-0.3, -0.25) is 14.9 Å². The quantitative estimate of drug-likeness (QED) is 0.491. The molecule has 0 radical (unpaired) electrons. The van der Waals surface area contributed by atoms with Gasteiger partial charge in [-0.2, -0.15) is 4.39 Å². The molecule has 0 spiro atoms. The van der Waals surface area contributed by atoms with Crippen molar-refractivity contribution in [2.75, 3.05) is 7.11 Å². The minimum atomic E-state index is -0.895. The molecule has 0 aliphatic carbocycles. The lowest BCUT2D eigenvalue weighted by atomic mass is 10.0. The third-order valence-corrected chi connectivity index (χ3v) is 2.86. The predicted octanol–water partition coefficient (Wildman–Crippen LogP) is 2.02. The van der Waals surface area contributed by atoms with Crippen LogP contribution in [0.5, 0.6) is 0 Å². The molecule has 0 saturated carbocycles. The summed E-state index contributed by atoms with van der Waals surface area (Å²) >= 11 is 0. The lowest BCUT2D eigenvalue weighted by Crippen LogP contribution is -2.41. The molecular formula is C13H17FN2O4. The molecule has 1 unspecified atom stereocenters. The number of ether oxygens (including phenoxy) is 1. The maximum absolute atomic E-state index is 13.4. The number of nitrogens with one attached hydrogen (secondary N) is 1. The minimum Gasteiger partial charge on any atom is -0.468 e. The molecule has 0 aliphatic rings. The van der Waals surface area contributed by atoms with Crippen molar-refractivity contribution in [2.24, 2.45) is 5.92 Å². The van der Waals surface area contributed by atoms with Crippen LogP contribution in [-0.4, -0.2) is 24.0 Å². The van der Waals surface area contributed by atoms with Crippen molar-refractivity contribution in [2.45, 2.75) is 26.4 Å². The van der Waals surface area contributed by atoms with Crippen LogP contribution in [0.4, 0.5) is 10.1 Å². The van der Waals surface area contributed by atoms with Gasteiger partial charge in [-0.1, -0.05) is 19.9 Å². The molecule has 7 heteroatoms. The normalized spacial score (nSPS) is 12.2. The van der Waals surface area contributed by atoms with E-state index in [9.17, 15) is 19.3 Å². The first-order chi connectivity index (χ1) is 9.36. The second-order valence-corrected chi connectivity index (χ2v) is 4.67. The molecule has 1 rings (SSSR count). The molecule has 1 atom stereocenters. The highest BCUT2D eigenvalue weighted by atomic mass is 19.1. The summed E-state index contributed by atoms with van der Waals surface area (Å²) in [5.41, 5.74) is -0.0511. The zero-order chi connectivity index (χ0) is 15.3.